The van der Waals surface area contributed by atoms with Crippen molar-refractivity contribution in [1.82, 2.24) is 0 Å². The lowest BCUT2D eigenvalue weighted by Gasteiger charge is -2.07. The molecule has 1 unspecified atom stereocenters. The molecule has 3 N–H and O–H groups in total. The molecule has 20 heavy (non-hydrogen) atoms. The van der Waals surface area contributed by atoms with Crippen molar-refractivity contribution in [2.24, 2.45) is 5.73 Å². The molecule has 0 rings (SSSR count). The Hall–Kier alpha value is -0.340. The SMILES string of the molecule is CCCCCCC(O)C/C=C/CCCCCCCCN. The number of unbranched alkanes of at least 4 members (excludes halogenated alkanes) is 9. The summed E-state index contributed by atoms with van der Waals surface area (Å²) in [5, 5.41) is 9.81. The molecule has 2 heteroatoms. The first kappa shape index (κ1) is 19.7. The van der Waals surface area contributed by atoms with Crippen LogP contribution in [0.5, 0.6) is 0 Å². The van der Waals surface area contributed by atoms with Crippen LogP contribution in [0.2, 0.25) is 0 Å². The van der Waals surface area contributed by atoms with E-state index >= 15 is 0 Å². The van der Waals surface area contributed by atoms with Crippen LogP contribution < -0.4 is 5.73 Å². The first-order valence-electron chi connectivity index (χ1n) is 8.84. The number of allylic oxidation sites excluding steroid dienone is 1. The molecule has 0 saturated carbocycles. The van der Waals surface area contributed by atoms with E-state index in [0.717, 1.165) is 19.4 Å². The van der Waals surface area contributed by atoms with E-state index < -0.39 is 0 Å². The fourth-order valence-corrected chi connectivity index (χ4v) is 2.41. The summed E-state index contributed by atoms with van der Waals surface area (Å²) in [5.41, 5.74) is 5.46. The summed E-state index contributed by atoms with van der Waals surface area (Å²) >= 11 is 0. The van der Waals surface area contributed by atoms with Crippen LogP contribution >= 0.6 is 0 Å². The van der Waals surface area contributed by atoms with Gasteiger partial charge in [0.2, 0.25) is 0 Å². The fourth-order valence-electron chi connectivity index (χ4n) is 2.41. The molecule has 1 atom stereocenters. The molecule has 0 aromatic carbocycles. The van der Waals surface area contributed by atoms with Crippen LogP contribution in [0.15, 0.2) is 12.2 Å². The summed E-state index contributed by atoms with van der Waals surface area (Å²) in [6.45, 7) is 3.06. The number of aliphatic hydroxyl groups is 1. The lowest BCUT2D eigenvalue weighted by molar-refractivity contribution is 0.163. The van der Waals surface area contributed by atoms with E-state index in [9.17, 15) is 5.11 Å². The van der Waals surface area contributed by atoms with Gasteiger partial charge in [-0.05, 0) is 38.6 Å². The van der Waals surface area contributed by atoms with Crippen LogP contribution in [0.1, 0.15) is 90.4 Å². The van der Waals surface area contributed by atoms with Crippen LogP contribution in [0.3, 0.4) is 0 Å². The average molecular weight is 283 g/mol. The molecule has 0 spiro atoms. The van der Waals surface area contributed by atoms with Crippen molar-refractivity contribution in [1.29, 1.82) is 0 Å². The zero-order valence-corrected chi connectivity index (χ0v) is 13.7. The van der Waals surface area contributed by atoms with Gasteiger partial charge in [0, 0.05) is 0 Å². The zero-order chi connectivity index (χ0) is 14.9. The first-order valence-corrected chi connectivity index (χ1v) is 8.84. The van der Waals surface area contributed by atoms with Crippen molar-refractivity contribution in [3.8, 4) is 0 Å². The minimum absolute atomic E-state index is 0.126. The van der Waals surface area contributed by atoms with Gasteiger partial charge in [-0.25, -0.2) is 0 Å². The Morgan fingerprint density at radius 1 is 0.850 bits per heavy atom. The Balaban J connectivity index is 3.21. The summed E-state index contributed by atoms with van der Waals surface area (Å²) in [7, 11) is 0. The van der Waals surface area contributed by atoms with Crippen LogP contribution in [0.25, 0.3) is 0 Å². The Bertz CT molecular complexity index is 204. The van der Waals surface area contributed by atoms with Crippen LogP contribution in [0, 0.1) is 0 Å². The third-order valence-electron chi connectivity index (χ3n) is 3.79. The lowest BCUT2D eigenvalue weighted by atomic mass is 10.1. The molecular weight excluding hydrogens is 246 g/mol. The van der Waals surface area contributed by atoms with E-state index in [-0.39, 0.29) is 6.10 Å². The quantitative estimate of drug-likeness (QED) is 0.330. The molecule has 0 bridgehead atoms. The number of aliphatic hydroxyl groups excluding tert-OH is 1. The molecule has 2 nitrogen and oxygen atoms in total. The van der Waals surface area contributed by atoms with E-state index in [0.29, 0.717) is 0 Å². The highest BCUT2D eigenvalue weighted by Gasteiger charge is 2.00. The predicted octanol–water partition coefficient (Wildman–Crippen LogP) is 4.95. The van der Waals surface area contributed by atoms with E-state index in [1.165, 1.54) is 70.6 Å². The summed E-state index contributed by atoms with van der Waals surface area (Å²) in [6.07, 6.45) is 20.0. The van der Waals surface area contributed by atoms with E-state index in [1.807, 2.05) is 0 Å². The monoisotopic (exact) mass is 283 g/mol. The van der Waals surface area contributed by atoms with Crippen LogP contribution in [-0.4, -0.2) is 17.8 Å². The Morgan fingerprint density at radius 2 is 1.50 bits per heavy atom. The highest BCUT2D eigenvalue weighted by atomic mass is 16.3. The maximum Gasteiger partial charge on any atom is 0.0574 e. The number of rotatable bonds is 15. The summed E-state index contributed by atoms with van der Waals surface area (Å²) < 4.78 is 0. The van der Waals surface area contributed by atoms with Crippen LogP contribution in [0.4, 0.5) is 0 Å². The Kier molecular flexibility index (Phi) is 16.4. The van der Waals surface area contributed by atoms with Crippen molar-refractivity contribution in [3.05, 3.63) is 12.2 Å². The molecule has 0 saturated heterocycles. The number of hydrogen-bond acceptors (Lipinski definition) is 2. The number of hydrogen-bond donors (Lipinski definition) is 2. The molecule has 0 amide bonds. The second-order valence-electron chi connectivity index (χ2n) is 5.91. The maximum atomic E-state index is 9.81. The van der Waals surface area contributed by atoms with Gasteiger partial charge in [0.15, 0.2) is 0 Å². The van der Waals surface area contributed by atoms with Crippen molar-refractivity contribution >= 4 is 0 Å². The molecule has 0 fully saturated rings. The number of nitrogens with two attached hydrogens (primary N) is 1. The maximum absolute atomic E-state index is 9.81. The van der Waals surface area contributed by atoms with Crippen molar-refractivity contribution in [3.63, 3.8) is 0 Å². The molecule has 0 aromatic rings. The topological polar surface area (TPSA) is 46.2 Å². The summed E-state index contributed by atoms with van der Waals surface area (Å²) in [4.78, 5) is 0. The highest BCUT2D eigenvalue weighted by molar-refractivity contribution is 4.83. The fraction of sp³-hybridized carbons (Fsp3) is 0.889. The van der Waals surface area contributed by atoms with Gasteiger partial charge in [-0.15, -0.1) is 0 Å². The second kappa shape index (κ2) is 16.7. The minimum atomic E-state index is -0.126. The first-order chi connectivity index (χ1) is 9.81. The third kappa shape index (κ3) is 15.7. The van der Waals surface area contributed by atoms with Gasteiger partial charge in [-0.2, -0.15) is 0 Å². The van der Waals surface area contributed by atoms with Gasteiger partial charge in [0.1, 0.15) is 0 Å². The van der Waals surface area contributed by atoms with E-state index in [1.54, 1.807) is 0 Å². The highest BCUT2D eigenvalue weighted by Crippen LogP contribution is 2.10. The largest absolute Gasteiger partial charge is 0.393 e. The minimum Gasteiger partial charge on any atom is -0.393 e. The molecule has 120 valence electrons. The molecule has 0 aromatic heterocycles. The molecule has 0 heterocycles. The Morgan fingerprint density at radius 3 is 2.20 bits per heavy atom. The second-order valence-corrected chi connectivity index (χ2v) is 5.91. The molecular formula is C18H37NO. The molecule has 0 radical (unpaired) electrons. The molecule has 0 aliphatic carbocycles. The summed E-state index contributed by atoms with van der Waals surface area (Å²) in [6, 6.07) is 0. The lowest BCUT2D eigenvalue weighted by Crippen LogP contribution is -2.04. The van der Waals surface area contributed by atoms with Gasteiger partial charge in [-0.1, -0.05) is 70.4 Å². The van der Waals surface area contributed by atoms with Crippen molar-refractivity contribution in [2.45, 2.75) is 96.5 Å². The zero-order valence-electron chi connectivity index (χ0n) is 13.7. The summed E-state index contributed by atoms with van der Waals surface area (Å²) in [5.74, 6) is 0. The van der Waals surface area contributed by atoms with Gasteiger partial charge < -0.3 is 10.8 Å². The average Bonchev–Trinajstić information content (AvgIpc) is 2.45. The van der Waals surface area contributed by atoms with Crippen molar-refractivity contribution < 1.29 is 5.11 Å². The smallest absolute Gasteiger partial charge is 0.0574 e. The predicted molar refractivity (Wildman–Crippen MR) is 89.9 cm³/mol. The third-order valence-corrected chi connectivity index (χ3v) is 3.79. The van der Waals surface area contributed by atoms with Gasteiger partial charge in [0.05, 0.1) is 6.10 Å². The van der Waals surface area contributed by atoms with Gasteiger partial charge in [0.25, 0.3) is 0 Å². The van der Waals surface area contributed by atoms with E-state index in [2.05, 4.69) is 19.1 Å². The van der Waals surface area contributed by atoms with E-state index in [4.69, 9.17) is 5.73 Å². The molecule has 0 aliphatic rings. The van der Waals surface area contributed by atoms with Gasteiger partial charge >= 0.3 is 0 Å². The Labute approximate surface area is 126 Å². The van der Waals surface area contributed by atoms with Crippen LogP contribution in [-0.2, 0) is 0 Å². The van der Waals surface area contributed by atoms with Gasteiger partial charge in [-0.3, -0.25) is 0 Å². The normalized spacial score (nSPS) is 13.2. The standard InChI is InChI=1S/C18H37NO/c1-2-3-4-12-15-18(20)16-13-10-8-6-5-7-9-11-14-17-19/h10,13,18,20H,2-9,11-12,14-17,19H2,1H3/b13-10+. The molecule has 0 aliphatic heterocycles. The van der Waals surface area contributed by atoms with Crippen molar-refractivity contribution in [2.75, 3.05) is 6.54 Å².